The van der Waals surface area contributed by atoms with Crippen LogP contribution >= 0.6 is 11.3 Å². The number of ether oxygens (including phenoxy) is 1. The number of ketones is 1. The molecule has 0 fully saturated rings. The summed E-state index contributed by atoms with van der Waals surface area (Å²) in [6.07, 6.45) is -4.72. The van der Waals surface area contributed by atoms with Crippen molar-refractivity contribution < 1.29 is 22.7 Å². The van der Waals surface area contributed by atoms with E-state index in [1.54, 1.807) is 47.8 Å². The monoisotopic (exact) mass is 388 g/mol. The van der Waals surface area contributed by atoms with E-state index in [1.807, 2.05) is 6.07 Å². The first kappa shape index (κ1) is 18.6. The lowest BCUT2D eigenvalue weighted by Gasteiger charge is -2.13. The van der Waals surface area contributed by atoms with E-state index in [9.17, 15) is 23.2 Å². The molecule has 2 heterocycles. The predicted octanol–water partition coefficient (Wildman–Crippen LogP) is 4.96. The van der Waals surface area contributed by atoms with Gasteiger partial charge in [0.2, 0.25) is 5.88 Å². The molecule has 8 heteroatoms. The van der Waals surface area contributed by atoms with E-state index in [0.29, 0.717) is 10.4 Å². The fraction of sp³-hybridized carbons (Fsp3) is 0.105. The third-order valence-corrected chi connectivity index (χ3v) is 4.51. The fourth-order valence-corrected chi connectivity index (χ4v) is 3.10. The highest BCUT2D eigenvalue weighted by molar-refractivity contribution is 7.13. The molecule has 136 valence electrons. The van der Waals surface area contributed by atoms with Gasteiger partial charge in [0.25, 0.3) is 0 Å². The number of nitrogens with zero attached hydrogens (tertiary/aromatic N) is 2. The molecule has 0 aliphatic rings. The largest absolute Gasteiger partial charge is 0.468 e. The van der Waals surface area contributed by atoms with Crippen molar-refractivity contribution in [1.29, 1.82) is 5.26 Å². The maximum atomic E-state index is 13.2. The Morgan fingerprint density at radius 3 is 2.52 bits per heavy atom. The standard InChI is InChI=1S/C19H11F3N2O2S/c20-19(21,22)17-9-13(16-7-4-8-27-16)14(10-23)18(24-17)26-11-15(25)12-5-2-1-3-6-12/h1-9H,11H2. The summed E-state index contributed by atoms with van der Waals surface area (Å²) in [5.74, 6) is -0.948. The SMILES string of the molecule is N#Cc1c(-c2cccs2)cc(C(F)(F)F)nc1OCC(=O)c1ccccc1. The number of hydrogen-bond donors (Lipinski definition) is 0. The summed E-state index contributed by atoms with van der Waals surface area (Å²) in [6.45, 7) is -0.531. The van der Waals surface area contributed by atoms with Crippen LogP contribution in [0.5, 0.6) is 5.88 Å². The first-order valence-corrected chi connectivity index (χ1v) is 8.55. The molecule has 2 aromatic heterocycles. The van der Waals surface area contributed by atoms with Gasteiger partial charge in [-0.1, -0.05) is 36.4 Å². The molecule has 3 aromatic rings. The molecule has 0 aliphatic carbocycles. The number of rotatable bonds is 5. The molecule has 0 N–H and O–H groups in total. The summed E-state index contributed by atoms with van der Waals surface area (Å²) in [5, 5.41) is 11.1. The van der Waals surface area contributed by atoms with Gasteiger partial charge in [-0.05, 0) is 17.5 Å². The number of alkyl halides is 3. The highest BCUT2D eigenvalue weighted by Gasteiger charge is 2.35. The van der Waals surface area contributed by atoms with Gasteiger partial charge >= 0.3 is 6.18 Å². The van der Waals surface area contributed by atoms with Gasteiger partial charge < -0.3 is 4.74 Å². The van der Waals surface area contributed by atoms with Gasteiger partial charge in [0.1, 0.15) is 17.3 Å². The molecule has 3 rings (SSSR count). The Bertz CT molecular complexity index is 994. The fourth-order valence-electron chi connectivity index (χ4n) is 2.35. The number of Topliss-reactive ketones (excluding diaryl/α,β-unsaturated/α-hetero) is 1. The highest BCUT2D eigenvalue weighted by Crippen LogP contribution is 2.37. The van der Waals surface area contributed by atoms with Crippen LogP contribution < -0.4 is 4.74 Å². The molecule has 0 saturated heterocycles. The zero-order valence-corrected chi connectivity index (χ0v) is 14.5. The maximum Gasteiger partial charge on any atom is 0.433 e. The first-order valence-electron chi connectivity index (χ1n) is 7.67. The summed E-state index contributed by atoms with van der Waals surface area (Å²) in [5.41, 5.74) is -0.920. The molecule has 1 aromatic carbocycles. The van der Waals surface area contributed by atoms with Gasteiger partial charge in [0.15, 0.2) is 12.4 Å². The Kier molecular flexibility index (Phi) is 5.23. The number of halogens is 3. The van der Waals surface area contributed by atoms with Crippen molar-refractivity contribution in [3.05, 3.63) is 70.7 Å². The average Bonchev–Trinajstić information content (AvgIpc) is 3.19. The predicted molar refractivity (Wildman–Crippen MR) is 93.5 cm³/mol. The number of thiophene rings is 1. The van der Waals surface area contributed by atoms with Crippen LogP contribution in [-0.4, -0.2) is 17.4 Å². The molecule has 0 bridgehead atoms. The Morgan fingerprint density at radius 2 is 1.93 bits per heavy atom. The van der Waals surface area contributed by atoms with Gasteiger partial charge in [0.05, 0.1) is 0 Å². The molecular formula is C19H11F3N2O2S. The van der Waals surface area contributed by atoms with Crippen LogP contribution in [0.4, 0.5) is 13.2 Å². The molecule has 0 radical (unpaired) electrons. The van der Waals surface area contributed by atoms with Crippen molar-refractivity contribution in [2.45, 2.75) is 6.18 Å². The van der Waals surface area contributed by atoms with E-state index < -0.39 is 30.1 Å². The van der Waals surface area contributed by atoms with Gasteiger partial charge in [-0.25, -0.2) is 4.98 Å². The van der Waals surface area contributed by atoms with Crippen molar-refractivity contribution in [1.82, 2.24) is 4.98 Å². The minimum atomic E-state index is -4.72. The highest BCUT2D eigenvalue weighted by atomic mass is 32.1. The second kappa shape index (κ2) is 7.60. The van der Waals surface area contributed by atoms with Crippen molar-refractivity contribution in [2.24, 2.45) is 0 Å². The number of nitriles is 1. The van der Waals surface area contributed by atoms with Gasteiger partial charge in [-0.3, -0.25) is 4.79 Å². The Balaban J connectivity index is 1.99. The van der Waals surface area contributed by atoms with E-state index >= 15 is 0 Å². The average molecular weight is 388 g/mol. The van der Waals surface area contributed by atoms with Crippen molar-refractivity contribution in [3.63, 3.8) is 0 Å². The lowest BCUT2D eigenvalue weighted by Crippen LogP contribution is -2.15. The number of hydrogen-bond acceptors (Lipinski definition) is 5. The molecule has 27 heavy (non-hydrogen) atoms. The second-order valence-corrected chi connectivity index (χ2v) is 6.35. The van der Waals surface area contributed by atoms with Crippen molar-refractivity contribution in [3.8, 4) is 22.4 Å². The quantitative estimate of drug-likeness (QED) is 0.580. The van der Waals surface area contributed by atoms with Crippen LogP contribution in [-0.2, 0) is 6.18 Å². The van der Waals surface area contributed by atoms with Crippen molar-refractivity contribution in [2.75, 3.05) is 6.61 Å². The number of pyridine rings is 1. The number of carbonyl (C=O) groups excluding carboxylic acids is 1. The number of benzene rings is 1. The van der Waals surface area contributed by atoms with Gasteiger partial charge in [-0.15, -0.1) is 11.3 Å². The Labute approximate surface area is 156 Å². The molecule has 0 atom stereocenters. The Morgan fingerprint density at radius 1 is 1.19 bits per heavy atom. The molecule has 0 saturated carbocycles. The summed E-state index contributed by atoms with van der Waals surface area (Å²) >= 11 is 1.19. The van der Waals surface area contributed by atoms with E-state index in [0.717, 1.165) is 6.07 Å². The second-order valence-electron chi connectivity index (χ2n) is 5.40. The third-order valence-electron chi connectivity index (χ3n) is 3.61. The summed E-state index contributed by atoms with van der Waals surface area (Å²) < 4.78 is 44.9. The normalized spacial score (nSPS) is 11.0. The van der Waals surface area contributed by atoms with Gasteiger partial charge in [0, 0.05) is 16.0 Å². The number of carbonyl (C=O) groups is 1. The van der Waals surface area contributed by atoms with E-state index in [1.165, 1.54) is 11.3 Å². The maximum absolute atomic E-state index is 13.2. The summed E-state index contributed by atoms with van der Waals surface area (Å²) in [4.78, 5) is 16.1. The lowest BCUT2D eigenvalue weighted by molar-refractivity contribution is -0.141. The van der Waals surface area contributed by atoms with Crippen LogP contribution in [0.3, 0.4) is 0 Å². The summed E-state index contributed by atoms with van der Waals surface area (Å²) in [7, 11) is 0. The van der Waals surface area contributed by atoms with Crippen LogP contribution in [0.15, 0.2) is 53.9 Å². The zero-order valence-electron chi connectivity index (χ0n) is 13.7. The molecular weight excluding hydrogens is 377 g/mol. The molecule has 0 aliphatic heterocycles. The van der Waals surface area contributed by atoms with Crippen LogP contribution in [0.2, 0.25) is 0 Å². The minimum Gasteiger partial charge on any atom is -0.468 e. The minimum absolute atomic E-state index is 0.0667. The third kappa shape index (κ3) is 4.15. The Hall–Kier alpha value is -3.18. The van der Waals surface area contributed by atoms with E-state index in [-0.39, 0.29) is 11.1 Å². The van der Waals surface area contributed by atoms with Crippen LogP contribution in [0.25, 0.3) is 10.4 Å². The topological polar surface area (TPSA) is 63.0 Å². The number of aromatic nitrogens is 1. The lowest BCUT2D eigenvalue weighted by atomic mass is 10.1. The van der Waals surface area contributed by atoms with E-state index in [2.05, 4.69) is 4.98 Å². The molecule has 4 nitrogen and oxygen atoms in total. The first-order chi connectivity index (χ1) is 12.9. The van der Waals surface area contributed by atoms with Crippen LogP contribution in [0, 0.1) is 11.3 Å². The van der Waals surface area contributed by atoms with Crippen molar-refractivity contribution >= 4 is 17.1 Å². The smallest absolute Gasteiger partial charge is 0.433 e. The molecule has 0 spiro atoms. The molecule has 0 amide bonds. The zero-order chi connectivity index (χ0) is 19.4. The van der Waals surface area contributed by atoms with Gasteiger partial charge in [-0.2, -0.15) is 18.4 Å². The van der Waals surface area contributed by atoms with Crippen LogP contribution in [0.1, 0.15) is 21.6 Å². The summed E-state index contributed by atoms with van der Waals surface area (Å²) in [6, 6.07) is 14.1. The molecule has 0 unspecified atom stereocenters. The van der Waals surface area contributed by atoms with E-state index in [4.69, 9.17) is 4.74 Å².